The first-order valence-electron chi connectivity index (χ1n) is 9.49. The number of ether oxygens (including phenoxy) is 3. The number of methoxy groups -OCH3 is 2. The molecule has 0 fully saturated rings. The fourth-order valence-electron chi connectivity index (χ4n) is 3.92. The smallest absolute Gasteiger partial charge is 0.325 e. The largest absolute Gasteiger partial charge is 0.493 e. The third-order valence-corrected chi connectivity index (χ3v) is 5.61. The van der Waals surface area contributed by atoms with E-state index in [1.54, 1.807) is 27.2 Å². The minimum absolute atomic E-state index is 0.0310. The number of carbonyl (C=O) groups excluding carboxylic acids is 2. The average molecular weight is 473 g/mol. The number of carbonyl (C=O) groups is 2. The first-order valence-corrected chi connectivity index (χ1v) is 10.3. The van der Waals surface area contributed by atoms with Crippen LogP contribution in [0.25, 0.3) is 22.2 Å². The summed E-state index contributed by atoms with van der Waals surface area (Å²) in [5.74, 6) is 0.561. The number of anilines is 1. The van der Waals surface area contributed by atoms with Crippen LogP contribution in [-0.2, 0) is 27.3 Å². The number of fused-ring (bicyclic) bond motifs is 5. The molecule has 156 valence electrons. The van der Waals surface area contributed by atoms with Crippen LogP contribution in [0.4, 0.5) is 5.69 Å². The number of amides is 1. The van der Waals surface area contributed by atoms with Crippen LogP contribution in [0.1, 0.15) is 12.5 Å². The monoisotopic (exact) mass is 472 g/mol. The van der Waals surface area contributed by atoms with Gasteiger partial charge in [-0.1, -0.05) is 15.9 Å². The quantitative estimate of drug-likeness (QED) is 0.564. The van der Waals surface area contributed by atoms with Crippen LogP contribution in [-0.4, -0.2) is 37.3 Å². The van der Waals surface area contributed by atoms with Crippen molar-refractivity contribution in [1.82, 2.24) is 4.57 Å². The van der Waals surface area contributed by atoms with E-state index in [1.165, 1.54) is 0 Å². The van der Waals surface area contributed by atoms with Crippen molar-refractivity contribution in [2.75, 3.05) is 26.1 Å². The average Bonchev–Trinajstić information content (AvgIpc) is 2.90. The van der Waals surface area contributed by atoms with Crippen molar-refractivity contribution in [2.45, 2.75) is 19.9 Å². The molecular formula is C22H21BrN2O5. The standard InChI is InChI=1S/C22H21BrN2O5/c1-4-30-21(27)11-25-17-6-5-12(23)7-13(17)14-9-20(26)24-16-10-19(29-3)18(28-2)8-15(16)22(14)25/h5-8,10H,4,9,11H2,1-3H3,(H,24,26). The summed E-state index contributed by atoms with van der Waals surface area (Å²) in [6.07, 6.45) is 0.178. The van der Waals surface area contributed by atoms with Gasteiger partial charge in [0.05, 0.1) is 38.6 Å². The van der Waals surface area contributed by atoms with E-state index >= 15 is 0 Å². The molecule has 1 N–H and O–H groups in total. The second-order valence-corrected chi connectivity index (χ2v) is 7.77. The number of nitrogens with zero attached hydrogens (tertiary/aromatic N) is 1. The van der Waals surface area contributed by atoms with Crippen molar-refractivity contribution in [3.8, 4) is 22.8 Å². The molecule has 1 amide bonds. The molecule has 0 spiro atoms. The van der Waals surface area contributed by atoms with Gasteiger partial charge in [0.2, 0.25) is 5.91 Å². The van der Waals surface area contributed by atoms with Gasteiger partial charge in [-0.15, -0.1) is 0 Å². The molecule has 0 atom stereocenters. The molecule has 0 saturated heterocycles. The second kappa shape index (κ2) is 8.02. The number of esters is 1. The van der Waals surface area contributed by atoms with Crippen molar-refractivity contribution in [2.24, 2.45) is 0 Å². The van der Waals surface area contributed by atoms with Gasteiger partial charge in [0.15, 0.2) is 11.5 Å². The molecule has 1 aliphatic rings. The minimum Gasteiger partial charge on any atom is -0.493 e. The van der Waals surface area contributed by atoms with Gasteiger partial charge in [-0.3, -0.25) is 9.59 Å². The Bertz CT molecular complexity index is 1170. The summed E-state index contributed by atoms with van der Waals surface area (Å²) in [6, 6.07) is 9.39. The number of aromatic nitrogens is 1. The molecular weight excluding hydrogens is 452 g/mol. The molecule has 2 heterocycles. The first-order chi connectivity index (χ1) is 14.5. The Labute approximate surface area is 182 Å². The van der Waals surface area contributed by atoms with Gasteiger partial charge < -0.3 is 24.1 Å². The summed E-state index contributed by atoms with van der Waals surface area (Å²) >= 11 is 3.52. The predicted octanol–water partition coefficient (Wildman–Crippen LogP) is 4.15. The van der Waals surface area contributed by atoms with Gasteiger partial charge >= 0.3 is 5.97 Å². The normalized spacial score (nSPS) is 12.6. The topological polar surface area (TPSA) is 78.8 Å². The van der Waals surface area contributed by atoms with E-state index < -0.39 is 0 Å². The molecule has 0 bridgehead atoms. The van der Waals surface area contributed by atoms with Crippen LogP contribution >= 0.6 is 15.9 Å². The molecule has 7 nitrogen and oxygen atoms in total. The summed E-state index contributed by atoms with van der Waals surface area (Å²) in [7, 11) is 3.11. The first kappa shape index (κ1) is 20.3. The fraction of sp³-hybridized carbons (Fsp3) is 0.273. The van der Waals surface area contributed by atoms with Gasteiger partial charge in [-0.05, 0) is 36.8 Å². The molecule has 8 heteroatoms. The highest BCUT2D eigenvalue weighted by molar-refractivity contribution is 9.10. The van der Waals surface area contributed by atoms with Crippen LogP contribution in [0.15, 0.2) is 34.8 Å². The SMILES string of the molecule is CCOC(=O)Cn1c2c(c3cc(Br)ccc31)CC(=O)Nc1cc(OC)c(OC)cc1-2. The van der Waals surface area contributed by atoms with E-state index in [9.17, 15) is 9.59 Å². The molecule has 3 aromatic rings. The van der Waals surface area contributed by atoms with E-state index in [4.69, 9.17) is 14.2 Å². The van der Waals surface area contributed by atoms with Crippen LogP contribution in [0.5, 0.6) is 11.5 Å². The van der Waals surface area contributed by atoms with E-state index in [2.05, 4.69) is 21.2 Å². The lowest BCUT2D eigenvalue weighted by molar-refractivity contribution is -0.143. The highest BCUT2D eigenvalue weighted by Gasteiger charge is 2.28. The van der Waals surface area contributed by atoms with Gasteiger partial charge in [0.1, 0.15) is 6.54 Å². The maximum Gasteiger partial charge on any atom is 0.325 e. The Kier molecular flexibility index (Phi) is 5.42. The zero-order valence-electron chi connectivity index (χ0n) is 16.9. The molecule has 2 aromatic carbocycles. The van der Waals surface area contributed by atoms with Crippen molar-refractivity contribution in [3.63, 3.8) is 0 Å². The minimum atomic E-state index is -0.342. The van der Waals surface area contributed by atoms with Gasteiger partial charge in [0.25, 0.3) is 0 Å². The second-order valence-electron chi connectivity index (χ2n) is 6.86. The fourth-order valence-corrected chi connectivity index (χ4v) is 4.28. The zero-order chi connectivity index (χ0) is 21.4. The van der Waals surface area contributed by atoms with Crippen LogP contribution < -0.4 is 14.8 Å². The molecule has 0 saturated carbocycles. The lowest BCUT2D eigenvalue weighted by Gasteiger charge is -2.16. The summed E-state index contributed by atoms with van der Waals surface area (Å²) in [5.41, 5.74) is 3.84. The maximum atomic E-state index is 12.7. The summed E-state index contributed by atoms with van der Waals surface area (Å²) in [4.78, 5) is 25.1. The number of nitrogens with one attached hydrogen (secondary N) is 1. The number of hydrogen-bond acceptors (Lipinski definition) is 5. The van der Waals surface area contributed by atoms with Gasteiger partial charge in [-0.25, -0.2) is 0 Å². The maximum absolute atomic E-state index is 12.7. The Morgan fingerprint density at radius 1 is 1.17 bits per heavy atom. The third kappa shape index (κ3) is 3.41. The Morgan fingerprint density at radius 2 is 1.90 bits per heavy atom. The molecule has 0 unspecified atom stereocenters. The van der Waals surface area contributed by atoms with Gasteiger partial charge in [0, 0.05) is 27.0 Å². The van der Waals surface area contributed by atoms with Gasteiger partial charge in [-0.2, -0.15) is 0 Å². The highest BCUT2D eigenvalue weighted by atomic mass is 79.9. The van der Waals surface area contributed by atoms with Crippen molar-refractivity contribution < 1.29 is 23.8 Å². The Hall–Kier alpha value is -3.00. The molecule has 4 rings (SSSR count). The Morgan fingerprint density at radius 3 is 2.60 bits per heavy atom. The zero-order valence-corrected chi connectivity index (χ0v) is 18.5. The highest BCUT2D eigenvalue weighted by Crippen LogP contribution is 2.45. The van der Waals surface area contributed by atoms with Crippen molar-refractivity contribution in [3.05, 3.63) is 40.4 Å². The molecule has 30 heavy (non-hydrogen) atoms. The lowest BCUT2D eigenvalue weighted by atomic mass is 10.0. The third-order valence-electron chi connectivity index (χ3n) is 5.11. The molecule has 0 aliphatic carbocycles. The van der Waals surface area contributed by atoms with Crippen molar-refractivity contribution >= 4 is 44.4 Å². The Balaban J connectivity index is 2.06. The number of rotatable bonds is 5. The summed E-state index contributed by atoms with van der Waals surface area (Å²) in [5, 5.41) is 3.85. The molecule has 1 aliphatic heterocycles. The molecule has 0 radical (unpaired) electrons. The van der Waals surface area contributed by atoms with Crippen LogP contribution in [0.2, 0.25) is 0 Å². The van der Waals surface area contributed by atoms with E-state index in [0.717, 1.165) is 32.2 Å². The van der Waals surface area contributed by atoms with E-state index in [-0.39, 0.29) is 24.8 Å². The number of hydrogen-bond donors (Lipinski definition) is 1. The summed E-state index contributed by atoms with van der Waals surface area (Å²) in [6.45, 7) is 2.11. The van der Waals surface area contributed by atoms with Crippen LogP contribution in [0, 0.1) is 0 Å². The van der Waals surface area contributed by atoms with E-state index in [1.807, 2.05) is 28.8 Å². The van der Waals surface area contributed by atoms with Crippen LogP contribution in [0.3, 0.4) is 0 Å². The predicted molar refractivity (Wildman–Crippen MR) is 117 cm³/mol. The van der Waals surface area contributed by atoms with Crippen molar-refractivity contribution in [1.29, 1.82) is 0 Å². The molecule has 1 aromatic heterocycles. The van der Waals surface area contributed by atoms with E-state index in [0.29, 0.717) is 23.8 Å². The number of halogens is 1. The number of benzene rings is 2. The summed E-state index contributed by atoms with van der Waals surface area (Å²) < 4.78 is 18.9. The lowest BCUT2D eigenvalue weighted by Crippen LogP contribution is -2.14.